The number of nitrogens with one attached hydrogen (secondary N) is 1. The summed E-state index contributed by atoms with van der Waals surface area (Å²) in [7, 11) is 1.42. The van der Waals surface area contributed by atoms with Crippen LogP contribution in [0.5, 0.6) is 0 Å². The van der Waals surface area contributed by atoms with Crippen LogP contribution in [0.2, 0.25) is 0 Å². The molecule has 0 bridgehead atoms. The smallest absolute Gasteiger partial charge is 0.309 e. The molecule has 2 unspecified atom stereocenters. The van der Waals surface area contributed by atoms with E-state index in [2.05, 4.69) is 16.5 Å². The van der Waals surface area contributed by atoms with E-state index in [0.717, 1.165) is 11.3 Å². The molecule has 0 aliphatic carbocycles. The highest BCUT2D eigenvalue weighted by molar-refractivity contribution is 5.72. The van der Waals surface area contributed by atoms with Crippen LogP contribution in [0.25, 0.3) is 5.69 Å². The Bertz CT molecular complexity index is 581. The van der Waals surface area contributed by atoms with Crippen LogP contribution in [-0.2, 0) is 16.1 Å². The zero-order valence-corrected chi connectivity index (χ0v) is 12.6. The molecule has 112 valence electrons. The summed E-state index contributed by atoms with van der Waals surface area (Å²) >= 11 is 0. The summed E-state index contributed by atoms with van der Waals surface area (Å²) < 4.78 is 6.61. The van der Waals surface area contributed by atoms with E-state index in [4.69, 9.17) is 4.74 Å². The molecule has 2 atom stereocenters. The summed E-state index contributed by atoms with van der Waals surface area (Å²) in [5, 5.41) is 7.64. The molecule has 1 aromatic heterocycles. The monoisotopic (exact) mass is 287 g/mol. The molecule has 2 rings (SSSR count). The van der Waals surface area contributed by atoms with Crippen LogP contribution in [0.15, 0.2) is 42.7 Å². The van der Waals surface area contributed by atoms with Crippen LogP contribution in [0, 0.1) is 5.92 Å². The summed E-state index contributed by atoms with van der Waals surface area (Å²) in [4.78, 5) is 11.5. The van der Waals surface area contributed by atoms with Gasteiger partial charge in [0.2, 0.25) is 0 Å². The number of nitrogens with zero attached hydrogens (tertiary/aromatic N) is 2. The number of rotatable bonds is 6. The molecule has 0 fully saturated rings. The molecule has 0 saturated carbocycles. The van der Waals surface area contributed by atoms with Gasteiger partial charge in [-0.15, -0.1) is 0 Å². The quantitative estimate of drug-likeness (QED) is 0.827. The molecule has 0 spiro atoms. The number of para-hydroxylation sites is 1. The zero-order valence-electron chi connectivity index (χ0n) is 12.6. The largest absolute Gasteiger partial charge is 0.469 e. The Balaban J connectivity index is 2.06. The Morgan fingerprint density at radius 3 is 2.76 bits per heavy atom. The van der Waals surface area contributed by atoms with Gasteiger partial charge >= 0.3 is 5.97 Å². The van der Waals surface area contributed by atoms with Crippen molar-refractivity contribution in [1.82, 2.24) is 15.1 Å². The van der Waals surface area contributed by atoms with E-state index in [1.165, 1.54) is 7.11 Å². The van der Waals surface area contributed by atoms with Crippen molar-refractivity contribution in [2.45, 2.75) is 26.4 Å². The van der Waals surface area contributed by atoms with Gasteiger partial charge in [-0.05, 0) is 24.6 Å². The maximum absolute atomic E-state index is 11.5. The van der Waals surface area contributed by atoms with Gasteiger partial charge in [0, 0.05) is 25.0 Å². The van der Waals surface area contributed by atoms with Gasteiger partial charge in [-0.2, -0.15) is 5.10 Å². The minimum atomic E-state index is -0.199. The first-order valence-corrected chi connectivity index (χ1v) is 7.02. The minimum Gasteiger partial charge on any atom is -0.469 e. The molecule has 21 heavy (non-hydrogen) atoms. The summed E-state index contributed by atoms with van der Waals surface area (Å²) in [6.45, 7) is 4.51. The molecular weight excluding hydrogens is 266 g/mol. The Morgan fingerprint density at radius 1 is 1.33 bits per heavy atom. The van der Waals surface area contributed by atoms with Crippen molar-refractivity contribution >= 4 is 5.97 Å². The molecule has 5 heteroatoms. The van der Waals surface area contributed by atoms with E-state index in [1.807, 2.05) is 49.0 Å². The number of hydrogen-bond donors (Lipinski definition) is 1. The van der Waals surface area contributed by atoms with E-state index < -0.39 is 0 Å². The number of carbonyl (C=O) groups is 1. The summed E-state index contributed by atoms with van der Waals surface area (Å²) in [5.74, 6) is -0.387. The summed E-state index contributed by atoms with van der Waals surface area (Å²) in [6, 6.07) is 9.99. The molecule has 1 N–H and O–H groups in total. The molecule has 0 amide bonds. The summed E-state index contributed by atoms with van der Waals surface area (Å²) in [6.07, 6.45) is 3.67. The van der Waals surface area contributed by atoms with Crippen molar-refractivity contribution in [2.75, 3.05) is 7.11 Å². The number of aromatic nitrogens is 2. The van der Waals surface area contributed by atoms with Gasteiger partial charge in [0.05, 0.1) is 18.7 Å². The van der Waals surface area contributed by atoms with Crippen LogP contribution in [0.3, 0.4) is 0 Å². The molecule has 1 aromatic carbocycles. The summed E-state index contributed by atoms with van der Waals surface area (Å²) in [5.41, 5.74) is 2.16. The first-order valence-electron chi connectivity index (χ1n) is 7.02. The van der Waals surface area contributed by atoms with Crippen LogP contribution in [0.4, 0.5) is 0 Å². The second-order valence-electron chi connectivity index (χ2n) is 5.06. The van der Waals surface area contributed by atoms with Gasteiger partial charge in [0.15, 0.2) is 0 Å². The van der Waals surface area contributed by atoms with Crippen LogP contribution >= 0.6 is 0 Å². The highest BCUT2D eigenvalue weighted by Gasteiger charge is 2.20. The Kier molecular flexibility index (Phi) is 5.11. The number of hydrogen-bond acceptors (Lipinski definition) is 4. The zero-order chi connectivity index (χ0) is 15.2. The van der Waals surface area contributed by atoms with Crippen molar-refractivity contribution < 1.29 is 9.53 Å². The van der Waals surface area contributed by atoms with Crippen molar-refractivity contribution in [2.24, 2.45) is 5.92 Å². The van der Waals surface area contributed by atoms with E-state index in [0.29, 0.717) is 6.54 Å². The topological polar surface area (TPSA) is 56.1 Å². The average Bonchev–Trinajstić information content (AvgIpc) is 3.05. The second-order valence-corrected chi connectivity index (χ2v) is 5.06. The van der Waals surface area contributed by atoms with Gasteiger partial charge < -0.3 is 10.1 Å². The Morgan fingerprint density at radius 2 is 2.10 bits per heavy atom. The fraction of sp³-hybridized carbons (Fsp3) is 0.375. The molecule has 0 saturated heterocycles. The average molecular weight is 287 g/mol. The standard InChI is InChI=1S/C16H21N3O2/c1-12(16(20)21-3)13(2)17-11-14-7-4-5-8-15(14)19-10-6-9-18-19/h4-10,12-13,17H,11H2,1-3H3. The highest BCUT2D eigenvalue weighted by Crippen LogP contribution is 2.14. The van der Waals surface area contributed by atoms with E-state index in [1.54, 1.807) is 6.20 Å². The highest BCUT2D eigenvalue weighted by atomic mass is 16.5. The van der Waals surface area contributed by atoms with E-state index in [-0.39, 0.29) is 17.9 Å². The van der Waals surface area contributed by atoms with Gasteiger partial charge in [-0.25, -0.2) is 4.68 Å². The lowest BCUT2D eigenvalue weighted by atomic mass is 10.0. The molecule has 0 aliphatic rings. The first kappa shape index (κ1) is 15.3. The van der Waals surface area contributed by atoms with Gasteiger partial charge in [-0.1, -0.05) is 25.1 Å². The molecule has 1 heterocycles. The van der Waals surface area contributed by atoms with Gasteiger partial charge in [0.25, 0.3) is 0 Å². The second kappa shape index (κ2) is 7.04. The normalized spacial score (nSPS) is 13.7. The predicted molar refractivity (Wildman–Crippen MR) is 81.0 cm³/mol. The SMILES string of the molecule is COC(=O)C(C)C(C)NCc1ccccc1-n1cccn1. The molecule has 0 radical (unpaired) electrons. The Hall–Kier alpha value is -2.14. The minimum absolute atomic E-state index is 0.0307. The third kappa shape index (κ3) is 3.70. The third-order valence-electron chi connectivity index (χ3n) is 3.68. The maximum Gasteiger partial charge on any atom is 0.309 e. The lowest BCUT2D eigenvalue weighted by Crippen LogP contribution is -2.36. The fourth-order valence-corrected chi connectivity index (χ4v) is 2.13. The van der Waals surface area contributed by atoms with E-state index in [9.17, 15) is 4.79 Å². The van der Waals surface area contributed by atoms with E-state index >= 15 is 0 Å². The molecular formula is C16H21N3O2. The lowest BCUT2D eigenvalue weighted by molar-refractivity contribution is -0.145. The lowest BCUT2D eigenvalue weighted by Gasteiger charge is -2.20. The Labute approximate surface area is 124 Å². The molecule has 2 aromatic rings. The van der Waals surface area contributed by atoms with Crippen molar-refractivity contribution in [3.05, 3.63) is 48.3 Å². The number of carbonyl (C=O) groups excluding carboxylic acids is 1. The number of ether oxygens (including phenoxy) is 1. The molecule has 5 nitrogen and oxygen atoms in total. The predicted octanol–water partition coefficient (Wildman–Crippen LogP) is 2.16. The van der Waals surface area contributed by atoms with Crippen LogP contribution < -0.4 is 5.32 Å². The first-order chi connectivity index (χ1) is 10.1. The van der Waals surface area contributed by atoms with Crippen molar-refractivity contribution in [3.8, 4) is 5.69 Å². The molecule has 0 aliphatic heterocycles. The fourth-order valence-electron chi connectivity index (χ4n) is 2.13. The maximum atomic E-state index is 11.5. The number of esters is 1. The number of benzene rings is 1. The van der Waals surface area contributed by atoms with Gasteiger partial charge in [0.1, 0.15) is 0 Å². The number of methoxy groups -OCH3 is 1. The van der Waals surface area contributed by atoms with Crippen molar-refractivity contribution in [1.29, 1.82) is 0 Å². The van der Waals surface area contributed by atoms with Gasteiger partial charge in [-0.3, -0.25) is 4.79 Å². The van der Waals surface area contributed by atoms with Crippen LogP contribution in [-0.4, -0.2) is 28.9 Å². The van der Waals surface area contributed by atoms with Crippen LogP contribution in [0.1, 0.15) is 19.4 Å². The van der Waals surface area contributed by atoms with Crippen molar-refractivity contribution in [3.63, 3.8) is 0 Å². The third-order valence-corrected chi connectivity index (χ3v) is 3.68.